The number of piperidine rings is 2. The van der Waals surface area contributed by atoms with Crippen molar-refractivity contribution in [3.05, 3.63) is 29.8 Å². The van der Waals surface area contributed by atoms with Crippen LogP contribution in [0.3, 0.4) is 0 Å². The number of aliphatic carboxylic acids is 1. The van der Waals surface area contributed by atoms with Crippen LogP contribution in [0, 0.1) is 0 Å². The molecule has 0 aromatic heterocycles. The van der Waals surface area contributed by atoms with Gasteiger partial charge in [0.05, 0.1) is 24.7 Å². The van der Waals surface area contributed by atoms with Crippen molar-refractivity contribution in [1.82, 2.24) is 10.2 Å². The number of benzene rings is 1. The molecule has 1 aromatic rings. The fourth-order valence-corrected chi connectivity index (χ4v) is 4.61. The number of carboxylic acid groups (broad SMARTS) is 1. The number of rotatable bonds is 4. The van der Waals surface area contributed by atoms with Crippen LogP contribution in [0.4, 0.5) is 5.69 Å². The van der Waals surface area contributed by atoms with Gasteiger partial charge in [-0.15, -0.1) is 0 Å². The number of nitrogens with zero attached hydrogens (tertiary/aromatic N) is 2. The number of hydrogen-bond donors (Lipinski definition) is 2. The Balaban J connectivity index is 1.39. The summed E-state index contributed by atoms with van der Waals surface area (Å²) >= 11 is 0. The summed E-state index contributed by atoms with van der Waals surface area (Å²) in [5.74, 6) is -1.47. The molecule has 29 heavy (non-hydrogen) atoms. The van der Waals surface area contributed by atoms with Gasteiger partial charge in [-0.1, -0.05) is 12.1 Å². The first-order valence-electron chi connectivity index (χ1n) is 10.2. The second-order valence-corrected chi connectivity index (χ2v) is 8.22. The largest absolute Gasteiger partial charge is 0.480 e. The fraction of sp³-hybridized carbons (Fsp3) is 0.571. The van der Waals surface area contributed by atoms with Crippen LogP contribution in [0.1, 0.15) is 37.2 Å². The van der Waals surface area contributed by atoms with Gasteiger partial charge in [-0.25, -0.2) is 0 Å². The molecule has 4 rings (SSSR count). The maximum atomic E-state index is 12.1. The molecule has 1 aromatic carbocycles. The van der Waals surface area contributed by atoms with Gasteiger partial charge in [0.25, 0.3) is 0 Å². The van der Waals surface area contributed by atoms with Gasteiger partial charge in [-0.3, -0.25) is 24.6 Å². The standard InChI is InChI=1S/C21H27N3O5/c25-18-6-5-17(20(28)22-18)15-1-3-16(4-2-15)24-11-12-29-21(14-24)7-9-23(10-8-21)13-19(26)27/h1-4,17H,5-14H2,(H,26,27)(H,22,25,28)/t17-/m1/s1. The average molecular weight is 401 g/mol. The van der Waals surface area contributed by atoms with Gasteiger partial charge >= 0.3 is 5.97 Å². The Kier molecular flexibility index (Phi) is 5.56. The third kappa shape index (κ3) is 4.43. The van der Waals surface area contributed by atoms with Crippen LogP contribution < -0.4 is 10.2 Å². The number of amides is 2. The quantitative estimate of drug-likeness (QED) is 0.725. The smallest absolute Gasteiger partial charge is 0.317 e. The Morgan fingerprint density at radius 1 is 1.17 bits per heavy atom. The van der Waals surface area contributed by atoms with Crippen molar-refractivity contribution in [3.8, 4) is 0 Å². The molecule has 1 spiro atoms. The number of anilines is 1. The third-order valence-corrected chi connectivity index (χ3v) is 6.27. The summed E-state index contributed by atoms with van der Waals surface area (Å²) < 4.78 is 6.15. The highest BCUT2D eigenvalue weighted by Crippen LogP contribution is 2.33. The van der Waals surface area contributed by atoms with Crippen molar-refractivity contribution in [2.24, 2.45) is 0 Å². The molecule has 1 atom stereocenters. The number of carbonyl (C=O) groups is 3. The summed E-state index contributed by atoms with van der Waals surface area (Å²) in [6.07, 6.45) is 2.58. The van der Waals surface area contributed by atoms with Crippen molar-refractivity contribution < 1.29 is 24.2 Å². The van der Waals surface area contributed by atoms with Gasteiger partial charge in [-0.2, -0.15) is 0 Å². The van der Waals surface area contributed by atoms with Gasteiger partial charge in [0.15, 0.2) is 0 Å². The highest BCUT2D eigenvalue weighted by molar-refractivity contribution is 6.00. The number of ether oxygens (including phenoxy) is 1. The molecule has 156 valence electrons. The zero-order chi connectivity index (χ0) is 20.4. The van der Waals surface area contributed by atoms with Crippen molar-refractivity contribution in [2.75, 3.05) is 44.2 Å². The number of carboxylic acids is 1. The fourth-order valence-electron chi connectivity index (χ4n) is 4.61. The summed E-state index contributed by atoms with van der Waals surface area (Å²) in [5, 5.41) is 11.4. The first-order chi connectivity index (χ1) is 13.9. The molecule has 8 heteroatoms. The highest BCUT2D eigenvalue weighted by atomic mass is 16.5. The molecule has 2 amide bonds. The number of carbonyl (C=O) groups excluding carboxylic acids is 2. The molecule has 0 bridgehead atoms. The number of imide groups is 1. The number of hydrogen-bond acceptors (Lipinski definition) is 6. The molecule has 3 heterocycles. The first-order valence-corrected chi connectivity index (χ1v) is 10.2. The van der Waals surface area contributed by atoms with E-state index in [1.165, 1.54) is 0 Å². The molecule has 0 unspecified atom stereocenters. The Morgan fingerprint density at radius 3 is 2.55 bits per heavy atom. The Hall–Kier alpha value is -2.45. The lowest BCUT2D eigenvalue weighted by atomic mass is 9.88. The summed E-state index contributed by atoms with van der Waals surface area (Å²) in [4.78, 5) is 38.6. The molecule has 3 aliphatic rings. The van der Waals surface area contributed by atoms with Gasteiger partial charge in [0.2, 0.25) is 11.8 Å². The lowest BCUT2D eigenvalue weighted by molar-refractivity contribution is -0.141. The van der Waals surface area contributed by atoms with Crippen LogP contribution in [0.15, 0.2) is 24.3 Å². The van der Waals surface area contributed by atoms with Crippen molar-refractivity contribution in [3.63, 3.8) is 0 Å². The maximum absolute atomic E-state index is 12.1. The third-order valence-electron chi connectivity index (χ3n) is 6.27. The average Bonchev–Trinajstić information content (AvgIpc) is 2.70. The number of nitrogens with one attached hydrogen (secondary N) is 1. The van der Waals surface area contributed by atoms with Crippen LogP contribution >= 0.6 is 0 Å². The normalized spacial score (nSPS) is 25.1. The zero-order valence-electron chi connectivity index (χ0n) is 16.4. The van der Waals surface area contributed by atoms with E-state index in [9.17, 15) is 14.4 Å². The molecule has 3 saturated heterocycles. The second-order valence-electron chi connectivity index (χ2n) is 8.22. The Labute approximate surface area is 169 Å². The van der Waals surface area contributed by atoms with E-state index in [2.05, 4.69) is 10.2 Å². The summed E-state index contributed by atoms with van der Waals surface area (Å²) in [6, 6.07) is 8.04. The maximum Gasteiger partial charge on any atom is 0.317 e. The minimum Gasteiger partial charge on any atom is -0.480 e. The summed E-state index contributed by atoms with van der Waals surface area (Å²) in [6.45, 7) is 3.78. The minimum atomic E-state index is -0.789. The van der Waals surface area contributed by atoms with Crippen molar-refractivity contribution in [2.45, 2.75) is 37.2 Å². The van der Waals surface area contributed by atoms with E-state index in [1.807, 2.05) is 29.2 Å². The summed E-state index contributed by atoms with van der Waals surface area (Å²) in [5.41, 5.74) is 1.80. The highest BCUT2D eigenvalue weighted by Gasteiger charge is 2.40. The Morgan fingerprint density at radius 2 is 1.90 bits per heavy atom. The van der Waals surface area contributed by atoms with E-state index < -0.39 is 5.97 Å². The SMILES string of the molecule is O=C(O)CN1CCC2(CC1)CN(c1ccc([C@H]3CCC(=O)NC3=O)cc1)CCO2. The van der Waals surface area contributed by atoms with Crippen molar-refractivity contribution in [1.29, 1.82) is 0 Å². The molecular weight excluding hydrogens is 374 g/mol. The molecule has 3 fully saturated rings. The molecular formula is C21H27N3O5. The van der Waals surface area contributed by atoms with Gasteiger partial charge in [0.1, 0.15) is 0 Å². The molecule has 0 aliphatic carbocycles. The lowest BCUT2D eigenvalue weighted by Crippen LogP contribution is -2.57. The summed E-state index contributed by atoms with van der Waals surface area (Å²) in [7, 11) is 0. The van der Waals surface area contributed by atoms with Gasteiger partial charge in [-0.05, 0) is 37.0 Å². The van der Waals surface area contributed by atoms with Crippen LogP contribution in [0.25, 0.3) is 0 Å². The minimum absolute atomic E-state index is 0.0849. The monoisotopic (exact) mass is 401 g/mol. The van der Waals surface area contributed by atoms with Crippen LogP contribution in [-0.4, -0.2) is 72.7 Å². The number of morpholine rings is 1. The van der Waals surface area contributed by atoms with E-state index in [0.717, 1.165) is 50.3 Å². The topological polar surface area (TPSA) is 99.2 Å². The van der Waals surface area contributed by atoms with Gasteiger partial charge < -0.3 is 14.7 Å². The van der Waals surface area contributed by atoms with Gasteiger partial charge in [0, 0.05) is 38.3 Å². The van der Waals surface area contributed by atoms with E-state index in [-0.39, 0.29) is 29.9 Å². The molecule has 0 saturated carbocycles. The van der Waals surface area contributed by atoms with E-state index in [4.69, 9.17) is 9.84 Å². The van der Waals surface area contributed by atoms with E-state index in [1.54, 1.807) is 0 Å². The van der Waals surface area contributed by atoms with Crippen LogP contribution in [-0.2, 0) is 19.1 Å². The van der Waals surface area contributed by atoms with E-state index in [0.29, 0.717) is 19.4 Å². The zero-order valence-corrected chi connectivity index (χ0v) is 16.4. The molecule has 3 aliphatic heterocycles. The Bertz CT molecular complexity index is 786. The van der Waals surface area contributed by atoms with E-state index >= 15 is 0 Å². The van der Waals surface area contributed by atoms with Crippen LogP contribution in [0.2, 0.25) is 0 Å². The number of likely N-dealkylation sites (tertiary alicyclic amines) is 1. The predicted octanol–water partition coefficient (Wildman–Crippen LogP) is 0.963. The molecule has 2 N–H and O–H groups in total. The first kappa shape index (κ1) is 19.8. The molecule has 0 radical (unpaired) electrons. The lowest BCUT2D eigenvalue weighted by Gasteiger charge is -2.47. The van der Waals surface area contributed by atoms with Crippen LogP contribution in [0.5, 0.6) is 0 Å². The van der Waals surface area contributed by atoms with Crippen molar-refractivity contribution >= 4 is 23.5 Å². The molecule has 8 nitrogen and oxygen atoms in total. The predicted molar refractivity (Wildman–Crippen MR) is 106 cm³/mol. The second kappa shape index (κ2) is 8.12.